The average molecular weight is 582 g/mol. The highest BCUT2D eigenvalue weighted by molar-refractivity contribution is 6.05. The van der Waals surface area contributed by atoms with E-state index in [1.54, 1.807) is 55.8 Å². The zero-order valence-corrected chi connectivity index (χ0v) is 25.1. The molecule has 3 amide bonds. The quantitative estimate of drug-likeness (QED) is 0.284. The number of nitrogens with two attached hydrogens (primary N) is 1. The summed E-state index contributed by atoms with van der Waals surface area (Å²) in [5.74, 6) is -1.17. The molecule has 0 saturated heterocycles. The third kappa shape index (κ3) is 7.13. The number of carbonyl (C=O) groups excluding carboxylic acids is 3. The minimum absolute atomic E-state index is 0.0868. The van der Waals surface area contributed by atoms with Gasteiger partial charge in [0.2, 0.25) is 5.91 Å². The van der Waals surface area contributed by atoms with Crippen LogP contribution in [0.3, 0.4) is 0 Å². The van der Waals surface area contributed by atoms with Crippen LogP contribution in [0.4, 0.5) is 17.2 Å². The fourth-order valence-corrected chi connectivity index (χ4v) is 4.39. The Hall–Kier alpha value is -5.32. The van der Waals surface area contributed by atoms with Crippen LogP contribution in [0.15, 0.2) is 71.8 Å². The number of pyridine rings is 1. The molecule has 0 spiro atoms. The maximum atomic E-state index is 13.0. The van der Waals surface area contributed by atoms with Gasteiger partial charge in [0.1, 0.15) is 0 Å². The predicted octanol–water partition coefficient (Wildman–Crippen LogP) is 4.00. The number of nitrogens with zero attached hydrogens (tertiary/aromatic N) is 4. The highest BCUT2D eigenvalue weighted by Gasteiger charge is 2.18. The number of hydrogen-bond acceptors (Lipinski definition) is 7. The Balaban J connectivity index is 1.57. The molecule has 0 aliphatic carbocycles. The Bertz CT molecular complexity index is 1740. The van der Waals surface area contributed by atoms with Gasteiger partial charge in [-0.25, -0.2) is 4.98 Å². The standard InChI is InChI=1S/C32H35N7O4/c1-19-23(8-7-9-24(19)37-29(41)21-12-15-26(34-16-21)32(2,3)4)25-17-38(5)31(43)28(36-25)35-22-13-10-20(11-14-22)30(42)39(6)18-27(33)40/h7-17H,18H2,1-6H3,(H2,33,40)(H,35,36)(H,37,41). The van der Waals surface area contributed by atoms with E-state index in [0.717, 1.165) is 16.8 Å². The second-order valence-corrected chi connectivity index (χ2v) is 11.3. The van der Waals surface area contributed by atoms with Crippen molar-refractivity contribution in [2.45, 2.75) is 33.1 Å². The molecule has 0 bridgehead atoms. The summed E-state index contributed by atoms with van der Waals surface area (Å²) in [6, 6.07) is 15.5. The summed E-state index contributed by atoms with van der Waals surface area (Å²) in [4.78, 5) is 59.9. The lowest BCUT2D eigenvalue weighted by atomic mass is 9.91. The van der Waals surface area contributed by atoms with Gasteiger partial charge in [-0.15, -0.1) is 0 Å². The van der Waals surface area contributed by atoms with E-state index in [2.05, 4.69) is 41.4 Å². The van der Waals surface area contributed by atoms with Crippen molar-refractivity contribution in [1.29, 1.82) is 0 Å². The molecule has 222 valence electrons. The summed E-state index contributed by atoms with van der Waals surface area (Å²) >= 11 is 0. The zero-order chi connectivity index (χ0) is 31.5. The van der Waals surface area contributed by atoms with E-state index in [1.165, 1.54) is 16.5 Å². The number of aromatic nitrogens is 3. The SMILES string of the molecule is Cc1c(NC(=O)c2ccc(C(C)(C)C)nc2)cccc1-c1cn(C)c(=O)c(Nc2ccc(C(=O)N(C)CC(N)=O)cc2)n1. The van der Waals surface area contributed by atoms with Gasteiger partial charge in [0.15, 0.2) is 5.82 Å². The number of benzene rings is 2. The molecule has 2 heterocycles. The highest BCUT2D eigenvalue weighted by Crippen LogP contribution is 2.28. The van der Waals surface area contributed by atoms with Crippen molar-refractivity contribution in [3.63, 3.8) is 0 Å². The van der Waals surface area contributed by atoms with E-state index < -0.39 is 5.91 Å². The van der Waals surface area contributed by atoms with Gasteiger partial charge in [0, 0.05) is 60.1 Å². The number of amides is 3. The maximum Gasteiger partial charge on any atom is 0.293 e. The van der Waals surface area contributed by atoms with Gasteiger partial charge in [-0.3, -0.25) is 24.2 Å². The monoisotopic (exact) mass is 581 g/mol. The highest BCUT2D eigenvalue weighted by atomic mass is 16.2. The largest absolute Gasteiger partial charge is 0.368 e. The molecule has 0 saturated carbocycles. The van der Waals surface area contributed by atoms with Crippen LogP contribution in [0.25, 0.3) is 11.3 Å². The zero-order valence-electron chi connectivity index (χ0n) is 25.1. The summed E-state index contributed by atoms with van der Waals surface area (Å²) < 4.78 is 1.43. The lowest BCUT2D eigenvalue weighted by Crippen LogP contribution is -2.35. The van der Waals surface area contributed by atoms with Crippen LogP contribution in [0, 0.1) is 6.92 Å². The number of anilines is 3. The van der Waals surface area contributed by atoms with Crippen LogP contribution >= 0.6 is 0 Å². The molecule has 0 radical (unpaired) electrons. The molecule has 0 aliphatic heterocycles. The van der Waals surface area contributed by atoms with E-state index in [4.69, 9.17) is 5.73 Å². The van der Waals surface area contributed by atoms with Gasteiger partial charge in [-0.2, -0.15) is 0 Å². The molecule has 4 N–H and O–H groups in total. The van der Waals surface area contributed by atoms with Gasteiger partial charge >= 0.3 is 0 Å². The van der Waals surface area contributed by atoms with Crippen molar-refractivity contribution in [3.05, 3.63) is 99.7 Å². The lowest BCUT2D eigenvalue weighted by molar-refractivity contribution is -0.118. The Morgan fingerprint density at radius 3 is 2.28 bits per heavy atom. The van der Waals surface area contributed by atoms with Crippen molar-refractivity contribution in [2.75, 3.05) is 24.2 Å². The number of primary amides is 1. The molecule has 2 aromatic carbocycles. The lowest BCUT2D eigenvalue weighted by Gasteiger charge is -2.18. The van der Waals surface area contributed by atoms with E-state index in [1.807, 2.05) is 25.1 Å². The summed E-state index contributed by atoms with van der Waals surface area (Å²) in [7, 11) is 3.12. The van der Waals surface area contributed by atoms with Crippen molar-refractivity contribution >= 4 is 34.9 Å². The van der Waals surface area contributed by atoms with Gasteiger partial charge in [0.25, 0.3) is 17.4 Å². The van der Waals surface area contributed by atoms with Crippen LogP contribution in [0.5, 0.6) is 0 Å². The third-order valence-corrected chi connectivity index (χ3v) is 6.86. The summed E-state index contributed by atoms with van der Waals surface area (Å²) in [5.41, 5.74) is 9.58. The number of aryl methyl sites for hydroxylation is 1. The molecule has 11 heteroatoms. The van der Waals surface area contributed by atoms with Crippen LogP contribution in [0.2, 0.25) is 0 Å². The average Bonchev–Trinajstić information content (AvgIpc) is 2.95. The molecule has 0 unspecified atom stereocenters. The smallest absolute Gasteiger partial charge is 0.293 e. The first kappa shape index (κ1) is 30.6. The molecule has 0 fully saturated rings. The number of nitrogens with one attached hydrogen (secondary N) is 2. The van der Waals surface area contributed by atoms with Crippen LogP contribution in [-0.4, -0.2) is 50.7 Å². The summed E-state index contributed by atoms with van der Waals surface area (Å²) in [6.07, 6.45) is 3.20. The first-order valence-electron chi connectivity index (χ1n) is 13.6. The molecule has 4 aromatic rings. The molecular formula is C32H35N7O4. The van der Waals surface area contributed by atoms with Gasteiger partial charge in [0.05, 0.1) is 17.8 Å². The number of carbonyl (C=O) groups is 3. The first-order valence-corrected chi connectivity index (χ1v) is 13.6. The van der Waals surface area contributed by atoms with Gasteiger partial charge in [-0.05, 0) is 55.0 Å². The van der Waals surface area contributed by atoms with E-state index >= 15 is 0 Å². The summed E-state index contributed by atoms with van der Waals surface area (Å²) in [5, 5.41) is 5.99. The Morgan fingerprint density at radius 1 is 1.00 bits per heavy atom. The number of likely N-dealkylation sites (N-methyl/N-ethyl adjacent to an activating group) is 1. The fourth-order valence-electron chi connectivity index (χ4n) is 4.39. The van der Waals surface area contributed by atoms with Crippen molar-refractivity contribution < 1.29 is 14.4 Å². The van der Waals surface area contributed by atoms with E-state index in [0.29, 0.717) is 28.2 Å². The van der Waals surface area contributed by atoms with Crippen LogP contribution < -0.4 is 21.9 Å². The Labute approximate surface area is 249 Å². The minimum atomic E-state index is -0.609. The second-order valence-electron chi connectivity index (χ2n) is 11.3. The Morgan fingerprint density at radius 2 is 1.67 bits per heavy atom. The number of hydrogen-bond donors (Lipinski definition) is 3. The topological polar surface area (TPSA) is 152 Å². The fraction of sp³-hybridized carbons (Fsp3) is 0.250. The second kappa shape index (κ2) is 12.3. The number of rotatable bonds is 8. The van der Waals surface area contributed by atoms with Crippen molar-refractivity contribution in [3.8, 4) is 11.3 Å². The predicted molar refractivity (Wildman–Crippen MR) is 166 cm³/mol. The molecule has 11 nitrogen and oxygen atoms in total. The molecule has 2 aromatic heterocycles. The van der Waals surface area contributed by atoms with Crippen LogP contribution in [0.1, 0.15) is 52.7 Å². The molecular weight excluding hydrogens is 546 g/mol. The normalized spacial score (nSPS) is 11.1. The van der Waals surface area contributed by atoms with E-state index in [9.17, 15) is 19.2 Å². The van der Waals surface area contributed by atoms with Crippen molar-refractivity contribution in [2.24, 2.45) is 12.8 Å². The minimum Gasteiger partial charge on any atom is -0.368 e. The van der Waals surface area contributed by atoms with E-state index in [-0.39, 0.29) is 35.2 Å². The maximum absolute atomic E-state index is 13.0. The molecule has 4 rings (SSSR count). The van der Waals surface area contributed by atoms with Gasteiger partial charge < -0.3 is 25.8 Å². The third-order valence-electron chi connectivity index (χ3n) is 6.86. The van der Waals surface area contributed by atoms with Gasteiger partial charge in [-0.1, -0.05) is 32.9 Å². The Kier molecular flexibility index (Phi) is 8.74. The molecule has 0 atom stereocenters. The van der Waals surface area contributed by atoms with Crippen molar-refractivity contribution in [1.82, 2.24) is 19.4 Å². The summed E-state index contributed by atoms with van der Waals surface area (Å²) in [6.45, 7) is 7.86. The molecule has 43 heavy (non-hydrogen) atoms. The van der Waals surface area contributed by atoms with Crippen LogP contribution in [-0.2, 0) is 17.3 Å². The first-order chi connectivity index (χ1) is 20.2. The molecule has 0 aliphatic rings.